The number of hydrogen-bond acceptors (Lipinski definition) is 6. The average molecular weight is 334 g/mol. The molecule has 2 unspecified atom stereocenters. The van der Waals surface area contributed by atoms with Gasteiger partial charge in [-0.1, -0.05) is 24.3 Å². The standard InChI is InChI=1S/C18H22O6/c19-15-7-3-13(4-8-15)17(21)23-11-1-2-12-24-18(22)14-5-9-16(20)10-6-14/h3-10,17-22H,1-2,11-12H2. The molecule has 6 heteroatoms. The molecule has 0 aliphatic carbocycles. The lowest BCUT2D eigenvalue weighted by Crippen LogP contribution is -2.07. The van der Waals surface area contributed by atoms with E-state index in [1.807, 2.05) is 0 Å². The van der Waals surface area contributed by atoms with E-state index in [0.29, 0.717) is 37.2 Å². The van der Waals surface area contributed by atoms with Crippen LogP contribution in [0, 0.1) is 0 Å². The molecule has 0 spiro atoms. The van der Waals surface area contributed by atoms with E-state index in [9.17, 15) is 20.4 Å². The van der Waals surface area contributed by atoms with Crippen molar-refractivity contribution >= 4 is 0 Å². The van der Waals surface area contributed by atoms with Gasteiger partial charge in [-0.3, -0.25) is 0 Å². The maximum Gasteiger partial charge on any atom is 0.181 e. The summed E-state index contributed by atoms with van der Waals surface area (Å²) in [6, 6.07) is 12.3. The molecule has 0 aromatic heterocycles. The Morgan fingerprint density at radius 2 is 0.958 bits per heavy atom. The molecule has 0 saturated carbocycles. The van der Waals surface area contributed by atoms with Crippen molar-refractivity contribution < 1.29 is 29.9 Å². The van der Waals surface area contributed by atoms with E-state index in [-0.39, 0.29) is 11.5 Å². The largest absolute Gasteiger partial charge is 0.508 e. The number of phenols is 2. The molecule has 2 atom stereocenters. The molecular formula is C18H22O6. The predicted octanol–water partition coefficient (Wildman–Crippen LogP) is 2.59. The lowest BCUT2D eigenvalue weighted by atomic mass is 10.2. The summed E-state index contributed by atoms with van der Waals surface area (Å²) in [4.78, 5) is 0. The van der Waals surface area contributed by atoms with Gasteiger partial charge in [0.2, 0.25) is 0 Å². The summed E-state index contributed by atoms with van der Waals surface area (Å²) in [6.45, 7) is 0.696. The van der Waals surface area contributed by atoms with Crippen molar-refractivity contribution in [1.82, 2.24) is 0 Å². The van der Waals surface area contributed by atoms with E-state index in [2.05, 4.69) is 0 Å². The average Bonchev–Trinajstić information content (AvgIpc) is 2.58. The number of ether oxygens (including phenoxy) is 2. The van der Waals surface area contributed by atoms with Crippen LogP contribution < -0.4 is 0 Å². The third-order valence-electron chi connectivity index (χ3n) is 3.45. The fourth-order valence-corrected chi connectivity index (χ4v) is 2.06. The minimum absolute atomic E-state index is 0.135. The predicted molar refractivity (Wildman–Crippen MR) is 87.3 cm³/mol. The van der Waals surface area contributed by atoms with Crippen LogP contribution in [0.3, 0.4) is 0 Å². The summed E-state index contributed by atoms with van der Waals surface area (Å²) in [5, 5.41) is 38.0. The summed E-state index contributed by atoms with van der Waals surface area (Å²) in [5.41, 5.74) is 1.15. The Bertz CT molecular complexity index is 540. The van der Waals surface area contributed by atoms with Crippen LogP contribution in [0.4, 0.5) is 0 Å². The monoisotopic (exact) mass is 334 g/mol. The molecule has 6 nitrogen and oxygen atoms in total. The quantitative estimate of drug-likeness (QED) is 0.415. The van der Waals surface area contributed by atoms with Gasteiger partial charge in [-0.2, -0.15) is 0 Å². The second kappa shape index (κ2) is 9.24. The van der Waals surface area contributed by atoms with E-state index in [1.54, 1.807) is 24.3 Å². The van der Waals surface area contributed by atoms with Crippen LogP contribution in [0.5, 0.6) is 11.5 Å². The summed E-state index contributed by atoms with van der Waals surface area (Å²) in [5.74, 6) is 0.269. The Labute approximate surface area is 140 Å². The number of aliphatic hydroxyl groups is 2. The first-order valence-electron chi connectivity index (χ1n) is 7.73. The van der Waals surface area contributed by atoms with E-state index in [4.69, 9.17) is 9.47 Å². The van der Waals surface area contributed by atoms with Crippen LogP contribution in [-0.4, -0.2) is 33.6 Å². The molecule has 130 valence electrons. The normalized spacial score (nSPS) is 13.6. The molecule has 2 aromatic carbocycles. The van der Waals surface area contributed by atoms with Crippen molar-refractivity contribution in [1.29, 1.82) is 0 Å². The van der Waals surface area contributed by atoms with Gasteiger partial charge in [0.25, 0.3) is 0 Å². The molecule has 0 aliphatic rings. The maximum absolute atomic E-state index is 9.83. The summed E-state index contributed by atoms with van der Waals surface area (Å²) < 4.78 is 10.6. The second-order valence-corrected chi connectivity index (χ2v) is 5.34. The summed E-state index contributed by atoms with van der Waals surface area (Å²) >= 11 is 0. The number of phenolic OH excluding ortho intramolecular Hbond substituents is 2. The molecule has 0 aliphatic heterocycles. The highest BCUT2D eigenvalue weighted by Crippen LogP contribution is 2.19. The number of aromatic hydroxyl groups is 2. The van der Waals surface area contributed by atoms with E-state index in [1.165, 1.54) is 24.3 Å². The fourth-order valence-electron chi connectivity index (χ4n) is 2.06. The molecule has 2 aromatic rings. The van der Waals surface area contributed by atoms with E-state index < -0.39 is 12.6 Å². The summed E-state index contributed by atoms with van der Waals surface area (Å²) in [7, 11) is 0. The summed E-state index contributed by atoms with van der Waals surface area (Å²) in [6.07, 6.45) is -0.738. The zero-order valence-corrected chi connectivity index (χ0v) is 13.2. The van der Waals surface area contributed by atoms with E-state index in [0.717, 1.165) is 0 Å². The van der Waals surface area contributed by atoms with Gasteiger partial charge >= 0.3 is 0 Å². The van der Waals surface area contributed by atoms with Crippen LogP contribution in [-0.2, 0) is 9.47 Å². The fraction of sp³-hybridized carbons (Fsp3) is 0.333. The zero-order chi connectivity index (χ0) is 17.4. The molecule has 0 radical (unpaired) electrons. The minimum Gasteiger partial charge on any atom is -0.508 e. The molecule has 0 amide bonds. The van der Waals surface area contributed by atoms with Gasteiger partial charge in [-0.25, -0.2) is 0 Å². The number of rotatable bonds is 9. The third kappa shape index (κ3) is 5.82. The molecule has 2 rings (SSSR count). The highest BCUT2D eigenvalue weighted by molar-refractivity contribution is 5.27. The van der Waals surface area contributed by atoms with Gasteiger partial charge in [-0.15, -0.1) is 0 Å². The first-order chi connectivity index (χ1) is 11.6. The first-order valence-corrected chi connectivity index (χ1v) is 7.73. The molecular weight excluding hydrogens is 312 g/mol. The van der Waals surface area contributed by atoms with Crippen molar-refractivity contribution in [3.05, 3.63) is 59.7 Å². The smallest absolute Gasteiger partial charge is 0.181 e. The van der Waals surface area contributed by atoms with Gasteiger partial charge in [0.1, 0.15) is 11.5 Å². The SMILES string of the molecule is Oc1ccc(C(O)OCCCCOC(O)c2ccc(O)cc2)cc1. The number of hydrogen-bond donors (Lipinski definition) is 4. The van der Waals surface area contributed by atoms with Crippen LogP contribution in [0.25, 0.3) is 0 Å². The Balaban J connectivity index is 1.59. The third-order valence-corrected chi connectivity index (χ3v) is 3.45. The van der Waals surface area contributed by atoms with Crippen molar-refractivity contribution in [2.75, 3.05) is 13.2 Å². The van der Waals surface area contributed by atoms with Crippen LogP contribution in [0.1, 0.15) is 36.5 Å². The van der Waals surface area contributed by atoms with Gasteiger partial charge < -0.3 is 29.9 Å². The maximum atomic E-state index is 9.83. The second-order valence-electron chi connectivity index (χ2n) is 5.34. The first kappa shape index (κ1) is 18.2. The van der Waals surface area contributed by atoms with Gasteiger partial charge in [0, 0.05) is 11.1 Å². The van der Waals surface area contributed by atoms with Crippen LogP contribution in [0.15, 0.2) is 48.5 Å². The Hall–Kier alpha value is -2.12. The van der Waals surface area contributed by atoms with Crippen LogP contribution >= 0.6 is 0 Å². The zero-order valence-electron chi connectivity index (χ0n) is 13.2. The Kier molecular flexibility index (Phi) is 7.02. The Morgan fingerprint density at radius 1 is 0.625 bits per heavy atom. The van der Waals surface area contributed by atoms with E-state index >= 15 is 0 Å². The molecule has 24 heavy (non-hydrogen) atoms. The number of aliphatic hydroxyl groups excluding tert-OH is 2. The van der Waals surface area contributed by atoms with Crippen molar-refractivity contribution in [3.8, 4) is 11.5 Å². The highest BCUT2D eigenvalue weighted by Gasteiger charge is 2.09. The molecule has 0 fully saturated rings. The van der Waals surface area contributed by atoms with Crippen LogP contribution in [0.2, 0.25) is 0 Å². The highest BCUT2D eigenvalue weighted by atomic mass is 16.6. The molecule has 0 heterocycles. The minimum atomic E-state index is -1.03. The lowest BCUT2D eigenvalue weighted by molar-refractivity contribution is -0.115. The molecule has 0 saturated heterocycles. The van der Waals surface area contributed by atoms with Gasteiger partial charge in [0.05, 0.1) is 13.2 Å². The molecule has 4 N–H and O–H groups in total. The van der Waals surface area contributed by atoms with Crippen molar-refractivity contribution in [2.45, 2.75) is 25.4 Å². The van der Waals surface area contributed by atoms with Crippen molar-refractivity contribution in [2.24, 2.45) is 0 Å². The van der Waals surface area contributed by atoms with Gasteiger partial charge in [-0.05, 0) is 37.1 Å². The number of unbranched alkanes of at least 4 members (excludes halogenated alkanes) is 1. The lowest BCUT2D eigenvalue weighted by Gasteiger charge is -2.14. The Morgan fingerprint density at radius 3 is 1.29 bits per heavy atom. The topological polar surface area (TPSA) is 99.4 Å². The van der Waals surface area contributed by atoms with Gasteiger partial charge in [0.15, 0.2) is 12.6 Å². The molecule has 0 bridgehead atoms. The number of benzene rings is 2. The van der Waals surface area contributed by atoms with Crippen molar-refractivity contribution in [3.63, 3.8) is 0 Å².